The van der Waals surface area contributed by atoms with Crippen molar-refractivity contribution in [2.75, 3.05) is 13.2 Å². The molecule has 10 heteroatoms. The summed E-state index contributed by atoms with van der Waals surface area (Å²) < 4.78 is 40.6. The molecule has 0 aromatic carbocycles. The van der Waals surface area contributed by atoms with E-state index in [1.807, 2.05) is 0 Å². The molecule has 0 aromatic heterocycles. The van der Waals surface area contributed by atoms with Crippen molar-refractivity contribution >= 4 is 0 Å². The van der Waals surface area contributed by atoms with Gasteiger partial charge in [0.15, 0.2) is 24.2 Å². The Hall–Kier alpha value is -0.400. The Morgan fingerprint density at radius 3 is 2.26 bits per heavy atom. The number of fused-ring (bicyclic) bond motifs is 1. The minimum absolute atomic E-state index is 0.159. The standard InChI is InChI=1S/C17H28O10/c1-16(2)22-6-8(25-16)11-12(13-15(23-11)27-17(3,4)26-13)24-14-10(20)9(19)7(18)5-21-14/h7-15,18-20H,5-6H2,1-4H3. The monoisotopic (exact) mass is 392 g/mol. The lowest BCUT2D eigenvalue weighted by atomic mass is 10.0. The Kier molecular flexibility index (Phi) is 5.04. The fourth-order valence-electron chi connectivity index (χ4n) is 3.89. The highest BCUT2D eigenvalue weighted by Crippen LogP contribution is 2.42. The number of aliphatic hydroxyl groups excluding tert-OH is 3. The molecule has 9 atom stereocenters. The molecule has 4 aliphatic heterocycles. The first-order chi connectivity index (χ1) is 12.6. The predicted octanol–water partition coefficient (Wildman–Crippen LogP) is -1.16. The van der Waals surface area contributed by atoms with Crippen LogP contribution in [0.1, 0.15) is 27.7 Å². The van der Waals surface area contributed by atoms with Gasteiger partial charge in [0.05, 0.1) is 13.2 Å². The van der Waals surface area contributed by atoms with Crippen molar-refractivity contribution < 1.29 is 48.5 Å². The second kappa shape index (κ2) is 6.84. The van der Waals surface area contributed by atoms with Gasteiger partial charge in [-0.15, -0.1) is 0 Å². The van der Waals surface area contributed by atoms with Gasteiger partial charge in [-0.3, -0.25) is 0 Å². The number of hydrogen-bond donors (Lipinski definition) is 3. The smallest absolute Gasteiger partial charge is 0.190 e. The Bertz CT molecular complexity index is 554. The zero-order chi connectivity index (χ0) is 19.6. The normalized spacial score (nSPS) is 51.4. The van der Waals surface area contributed by atoms with Crippen molar-refractivity contribution in [1.82, 2.24) is 0 Å². The van der Waals surface area contributed by atoms with Gasteiger partial charge < -0.3 is 48.5 Å². The zero-order valence-corrected chi connectivity index (χ0v) is 15.8. The third kappa shape index (κ3) is 3.76. The van der Waals surface area contributed by atoms with E-state index in [1.54, 1.807) is 27.7 Å². The van der Waals surface area contributed by atoms with Gasteiger partial charge in [0.1, 0.15) is 42.7 Å². The van der Waals surface area contributed by atoms with Gasteiger partial charge in [-0.05, 0) is 27.7 Å². The van der Waals surface area contributed by atoms with Gasteiger partial charge in [-0.2, -0.15) is 0 Å². The summed E-state index contributed by atoms with van der Waals surface area (Å²) in [6.07, 6.45) is -8.07. The Morgan fingerprint density at radius 1 is 0.852 bits per heavy atom. The third-order valence-electron chi connectivity index (χ3n) is 5.17. The lowest BCUT2D eigenvalue weighted by Crippen LogP contribution is -2.56. The Labute approximate surface area is 157 Å². The molecule has 0 bridgehead atoms. The fourth-order valence-corrected chi connectivity index (χ4v) is 3.89. The minimum atomic E-state index is -1.42. The molecule has 0 aromatic rings. The molecule has 27 heavy (non-hydrogen) atoms. The van der Waals surface area contributed by atoms with Crippen molar-refractivity contribution in [2.24, 2.45) is 0 Å². The lowest BCUT2D eigenvalue weighted by Gasteiger charge is -2.38. The summed E-state index contributed by atoms with van der Waals surface area (Å²) in [5, 5.41) is 29.8. The molecule has 0 aliphatic carbocycles. The second-order valence-electron chi connectivity index (χ2n) is 8.29. The first-order valence-corrected chi connectivity index (χ1v) is 9.20. The summed E-state index contributed by atoms with van der Waals surface area (Å²) >= 11 is 0. The van der Waals surface area contributed by atoms with Gasteiger partial charge in [0, 0.05) is 0 Å². The highest BCUT2D eigenvalue weighted by Gasteiger charge is 2.60. The van der Waals surface area contributed by atoms with E-state index in [4.69, 9.17) is 33.2 Å². The largest absolute Gasteiger partial charge is 0.388 e. The maximum atomic E-state index is 10.2. The van der Waals surface area contributed by atoms with E-state index in [1.165, 1.54) is 0 Å². The number of hydrogen-bond acceptors (Lipinski definition) is 10. The van der Waals surface area contributed by atoms with Crippen molar-refractivity contribution in [2.45, 2.75) is 94.6 Å². The van der Waals surface area contributed by atoms with Crippen molar-refractivity contribution in [3.8, 4) is 0 Å². The van der Waals surface area contributed by atoms with Crippen LogP contribution in [0.4, 0.5) is 0 Å². The zero-order valence-electron chi connectivity index (χ0n) is 15.8. The first kappa shape index (κ1) is 19.9. The van der Waals surface area contributed by atoms with E-state index in [2.05, 4.69) is 0 Å². The molecule has 3 N–H and O–H groups in total. The maximum Gasteiger partial charge on any atom is 0.190 e. The molecule has 4 fully saturated rings. The van der Waals surface area contributed by atoms with E-state index in [0.29, 0.717) is 6.61 Å². The summed E-state index contributed by atoms with van der Waals surface area (Å²) in [5.74, 6) is -1.60. The highest BCUT2D eigenvalue weighted by atomic mass is 16.9. The minimum Gasteiger partial charge on any atom is -0.388 e. The third-order valence-corrected chi connectivity index (χ3v) is 5.17. The van der Waals surface area contributed by atoms with Crippen LogP contribution in [-0.4, -0.2) is 95.4 Å². The SMILES string of the molecule is CC1(C)OCC(C2OC3OC(C)(C)OC3C2OC2OCC(O)C(O)C2O)O1. The molecule has 4 saturated heterocycles. The van der Waals surface area contributed by atoms with Crippen molar-refractivity contribution in [3.63, 3.8) is 0 Å². The predicted molar refractivity (Wildman–Crippen MR) is 86.2 cm³/mol. The van der Waals surface area contributed by atoms with Crippen LogP contribution in [0, 0.1) is 0 Å². The molecule has 0 spiro atoms. The van der Waals surface area contributed by atoms with Gasteiger partial charge in [-0.25, -0.2) is 0 Å². The van der Waals surface area contributed by atoms with Gasteiger partial charge in [0.2, 0.25) is 0 Å². The van der Waals surface area contributed by atoms with Crippen LogP contribution < -0.4 is 0 Å². The molecule has 9 unspecified atom stereocenters. The Morgan fingerprint density at radius 2 is 1.59 bits per heavy atom. The molecule has 4 aliphatic rings. The average Bonchev–Trinajstić information content (AvgIpc) is 3.18. The molecule has 4 rings (SSSR count). The van der Waals surface area contributed by atoms with Crippen LogP contribution in [0.3, 0.4) is 0 Å². The number of rotatable bonds is 3. The van der Waals surface area contributed by atoms with Crippen LogP contribution in [0.5, 0.6) is 0 Å². The maximum absolute atomic E-state index is 10.2. The topological polar surface area (TPSA) is 125 Å². The van der Waals surface area contributed by atoms with E-state index >= 15 is 0 Å². The van der Waals surface area contributed by atoms with Crippen LogP contribution in [0.15, 0.2) is 0 Å². The average molecular weight is 392 g/mol. The van der Waals surface area contributed by atoms with Crippen LogP contribution >= 0.6 is 0 Å². The fraction of sp³-hybridized carbons (Fsp3) is 1.00. The first-order valence-electron chi connectivity index (χ1n) is 9.20. The van der Waals surface area contributed by atoms with Crippen LogP contribution in [0.25, 0.3) is 0 Å². The number of ether oxygens (including phenoxy) is 7. The van der Waals surface area contributed by atoms with E-state index in [-0.39, 0.29) is 6.61 Å². The summed E-state index contributed by atoms with van der Waals surface area (Å²) in [6, 6.07) is 0. The van der Waals surface area contributed by atoms with Gasteiger partial charge >= 0.3 is 0 Å². The molecule has 10 nitrogen and oxygen atoms in total. The van der Waals surface area contributed by atoms with E-state index in [0.717, 1.165) is 0 Å². The molecule has 4 heterocycles. The van der Waals surface area contributed by atoms with Gasteiger partial charge in [0.25, 0.3) is 0 Å². The number of aliphatic hydroxyl groups is 3. The van der Waals surface area contributed by atoms with E-state index in [9.17, 15) is 15.3 Å². The van der Waals surface area contributed by atoms with Gasteiger partial charge in [-0.1, -0.05) is 0 Å². The van der Waals surface area contributed by atoms with Crippen molar-refractivity contribution in [3.05, 3.63) is 0 Å². The molecule has 0 radical (unpaired) electrons. The van der Waals surface area contributed by atoms with Crippen LogP contribution in [-0.2, 0) is 33.2 Å². The molecule has 156 valence electrons. The summed E-state index contributed by atoms with van der Waals surface area (Å²) in [5.41, 5.74) is 0. The molecular weight excluding hydrogens is 364 g/mol. The molecule has 0 amide bonds. The quantitative estimate of drug-likeness (QED) is 0.541. The summed E-state index contributed by atoms with van der Waals surface area (Å²) in [6.45, 7) is 7.29. The summed E-state index contributed by atoms with van der Waals surface area (Å²) in [4.78, 5) is 0. The lowest BCUT2D eigenvalue weighted by molar-refractivity contribution is -0.303. The van der Waals surface area contributed by atoms with Crippen molar-refractivity contribution in [1.29, 1.82) is 0 Å². The second-order valence-corrected chi connectivity index (χ2v) is 8.29. The molecular formula is C17H28O10. The highest BCUT2D eigenvalue weighted by molar-refractivity contribution is 4.99. The summed E-state index contributed by atoms with van der Waals surface area (Å²) in [7, 11) is 0. The van der Waals surface area contributed by atoms with E-state index < -0.39 is 66.9 Å². The van der Waals surface area contributed by atoms with Crippen LogP contribution in [0.2, 0.25) is 0 Å². The Balaban J connectivity index is 1.52. The molecule has 0 saturated carbocycles.